The molecular formula is C14H19Cl2N3O. The summed E-state index contributed by atoms with van der Waals surface area (Å²) in [6.07, 6.45) is 1.91. The summed E-state index contributed by atoms with van der Waals surface area (Å²) < 4.78 is 0. The van der Waals surface area contributed by atoms with Crippen molar-refractivity contribution in [1.29, 1.82) is 0 Å². The van der Waals surface area contributed by atoms with Crippen molar-refractivity contribution in [1.82, 2.24) is 10.2 Å². The number of carbonyl (C=O) groups is 1. The second-order valence-corrected chi connectivity index (χ2v) is 5.74. The van der Waals surface area contributed by atoms with E-state index < -0.39 is 0 Å². The number of benzene rings is 1. The van der Waals surface area contributed by atoms with E-state index >= 15 is 0 Å². The Morgan fingerprint density at radius 2 is 2.30 bits per heavy atom. The van der Waals surface area contributed by atoms with Crippen molar-refractivity contribution in [2.45, 2.75) is 25.8 Å². The molecule has 1 unspecified atom stereocenters. The van der Waals surface area contributed by atoms with Gasteiger partial charge in [0.2, 0.25) is 0 Å². The zero-order valence-corrected chi connectivity index (χ0v) is 13.0. The summed E-state index contributed by atoms with van der Waals surface area (Å²) >= 11 is 12.0. The molecule has 1 aliphatic heterocycles. The van der Waals surface area contributed by atoms with Crippen LogP contribution in [0.15, 0.2) is 18.2 Å². The van der Waals surface area contributed by atoms with E-state index in [0.717, 1.165) is 32.5 Å². The highest BCUT2D eigenvalue weighted by molar-refractivity contribution is 6.35. The first-order chi connectivity index (χ1) is 9.61. The molecule has 2 amide bonds. The maximum absolute atomic E-state index is 12.4. The van der Waals surface area contributed by atoms with Crippen LogP contribution < -0.4 is 10.6 Å². The van der Waals surface area contributed by atoms with Gasteiger partial charge in [-0.15, -0.1) is 0 Å². The smallest absolute Gasteiger partial charge is 0.320 e. The van der Waals surface area contributed by atoms with Crippen LogP contribution in [0.5, 0.6) is 0 Å². The van der Waals surface area contributed by atoms with E-state index in [1.54, 1.807) is 18.2 Å². The number of nitrogens with one attached hydrogen (secondary N) is 2. The summed E-state index contributed by atoms with van der Waals surface area (Å²) in [7, 11) is 0. The average molecular weight is 316 g/mol. The van der Waals surface area contributed by atoms with Crippen LogP contribution in [0.4, 0.5) is 10.5 Å². The first kappa shape index (κ1) is 15.4. The van der Waals surface area contributed by atoms with Crippen LogP contribution in [-0.2, 0) is 0 Å². The Balaban J connectivity index is 2.09. The molecule has 110 valence electrons. The lowest BCUT2D eigenvalue weighted by Gasteiger charge is -2.28. The van der Waals surface area contributed by atoms with E-state index in [2.05, 4.69) is 17.6 Å². The second-order valence-electron chi connectivity index (χ2n) is 4.89. The Bertz CT molecular complexity index is 475. The third-order valence-electron chi connectivity index (χ3n) is 3.37. The van der Waals surface area contributed by atoms with E-state index in [0.29, 0.717) is 15.7 Å². The summed E-state index contributed by atoms with van der Waals surface area (Å²) in [6, 6.07) is 5.17. The predicted octanol–water partition coefficient (Wildman–Crippen LogP) is 3.60. The summed E-state index contributed by atoms with van der Waals surface area (Å²) in [5.74, 6) is 0. The van der Waals surface area contributed by atoms with Gasteiger partial charge in [0.25, 0.3) is 0 Å². The van der Waals surface area contributed by atoms with E-state index in [-0.39, 0.29) is 12.1 Å². The van der Waals surface area contributed by atoms with Crippen LogP contribution >= 0.6 is 23.2 Å². The minimum atomic E-state index is -0.121. The van der Waals surface area contributed by atoms with Gasteiger partial charge in [-0.3, -0.25) is 0 Å². The molecule has 6 heteroatoms. The fourth-order valence-electron chi connectivity index (χ4n) is 2.38. The van der Waals surface area contributed by atoms with Crippen molar-refractivity contribution >= 4 is 34.9 Å². The van der Waals surface area contributed by atoms with Gasteiger partial charge < -0.3 is 15.5 Å². The van der Waals surface area contributed by atoms with Gasteiger partial charge in [0.15, 0.2) is 0 Å². The third-order valence-corrected chi connectivity index (χ3v) is 3.94. The highest BCUT2D eigenvalue weighted by Crippen LogP contribution is 2.26. The fraction of sp³-hybridized carbons (Fsp3) is 0.500. The molecule has 0 bridgehead atoms. The Kier molecular flexibility index (Phi) is 5.52. The number of hydrogen-bond donors (Lipinski definition) is 2. The quantitative estimate of drug-likeness (QED) is 0.891. The number of urea groups is 1. The lowest BCUT2D eigenvalue weighted by atomic mass is 10.2. The maximum atomic E-state index is 12.4. The lowest BCUT2D eigenvalue weighted by molar-refractivity contribution is 0.192. The Morgan fingerprint density at radius 3 is 2.95 bits per heavy atom. The van der Waals surface area contributed by atoms with Crippen LogP contribution in [0.25, 0.3) is 0 Å². The monoisotopic (exact) mass is 315 g/mol. The van der Waals surface area contributed by atoms with E-state index in [4.69, 9.17) is 23.2 Å². The average Bonchev–Trinajstić information content (AvgIpc) is 2.93. The normalized spacial score (nSPS) is 18.1. The molecule has 0 spiro atoms. The van der Waals surface area contributed by atoms with E-state index in [1.165, 1.54) is 0 Å². The topological polar surface area (TPSA) is 44.4 Å². The molecule has 1 atom stereocenters. The van der Waals surface area contributed by atoms with Crippen LogP contribution in [0.1, 0.15) is 19.8 Å². The van der Waals surface area contributed by atoms with Crippen molar-refractivity contribution in [3.8, 4) is 0 Å². The van der Waals surface area contributed by atoms with Gasteiger partial charge in [-0.05, 0) is 37.6 Å². The minimum absolute atomic E-state index is 0.121. The number of rotatable bonds is 4. The molecular weight excluding hydrogens is 297 g/mol. The van der Waals surface area contributed by atoms with Gasteiger partial charge in [-0.1, -0.05) is 30.1 Å². The van der Waals surface area contributed by atoms with Gasteiger partial charge in [0.05, 0.1) is 10.7 Å². The van der Waals surface area contributed by atoms with Crippen molar-refractivity contribution in [2.75, 3.05) is 25.0 Å². The molecule has 1 heterocycles. The Hall–Kier alpha value is -0.970. The van der Waals surface area contributed by atoms with Crippen molar-refractivity contribution in [3.05, 3.63) is 28.2 Å². The summed E-state index contributed by atoms with van der Waals surface area (Å²) in [5, 5.41) is 7.18. The standard InChI is InChI=1S/C14H19Cl2N3O/c1-2-7-19(11-5-6-17-9-11)14(20)18-13-8-10(15)3-4-12(13)16/h3-4,8,11,17H,2,5-7,9H2,1H3,(H,18,20). The van der Waals surface area contributed by atoms with Gasteiger partial charge in [0, 0.05) is 24.2 Å². The first-order valence-corrected chi connectivity index (χ1v) is 7.60. The molecule has 0 aliphatic carbocycles. The summed E-state index contributed by atoms with van der Waals surface area (Å²) in [6.45, 7) is 4.60. The Labute approximate surface area is 129 Å². The van der Waals surface area contributed by atoms with Gasteiger partial charge >= 0.3 is 6.03 Å². The molecule has 2 rings (SSSR count). The minimum Gasteiger partial charge on any atom is -0.320 e. The van der Waals surface area contributed by atoms with Crippen LogP contribution in [0.2, 0.25) is 10.0 Å². The van der Waals surface area contributed by atoms with Crippen molar-refractivity contribution in [2.24, 2.45) is 0 Å². The number of anilines is 1. The van der Waals surface area contributed by atoms with E-state index in [9.17, 15) is 4.79 Å². The maximum Gasteiger partial charge on any atom is 0.322 e. The molecule has 0 aromatic heterocycles. The molecule has 0 radical (unpaired) electrons. The molecule has 1 aliphatic rings. The summed E-state index contributed by atoms with van der Waals surface area (Å²) in [4.78, 5) is 14.3. The molecule has 20 heavy (non-hydrogen) atoms. The Morgan fingerprint density at radius 1 is 1.50 bits per heavy atom. The summed E-state index contributed by atoms with van der Waals surface area (Å²) in [5.41, 5.74) is 0.552. The van der Waals surface area contributed by atoms with E-state index in [1.807, 2.05) is 4.90 Å². The SMILES string of the molecule is CCCN(C(=O)Nc1cc(Cl)ccc1Cl)C1CCNC1. The molecule has 4 nitrogen and oxygen atoms in total. The van der Waals surface area contributed by atoms with Crippen LogP contribution in [-0.4, -0.2) is 36.6 Å². The zero-order valence-electron chi connectivity index (χ0n) is 11.5. The second kappa shape index (κ2) is 7.16. The zero-order chi connectivity index (χ0) is 14.5. The molecule has 1 aromatic rings. The molecule has 1 aromatic carbocycles. The molecule has 1 saturated heterocycles. The van der Waals surface area contributed by atoms with Gasteiger partial charge in [-0.2, -0.15) is 0 Å². The highest BCUT2D eigenvalue weighted by atomic mass is 35.5. The molecule has 2 N–H and O–H groups in total. The first-order valence-electron chi connectivity index (χ1n) is 6.85. The van der Waals surface area contributed by atoms with Crippen molar-refractivity contribution < 1.29 is 4.79 Å². The highest BCUT2D eigenvalue weighted by Gasteiger charge is 2.26. The van der Waals surface area contributed by atoms with Crippen LogP contribution in [0.3, 0.4) is 0 Å². The van der Waals surface area contributed by atoms with Crippen LogP contribution in [0, 0.1) is 0 Å². The lowest BCUT2D eigenvalue weighted by Crippen LogP contribution is -2.44. The number of halogens is 2. The fourth-order valence-corrected chi connectivity index (χ4v) is 2.71. The van der Waals surface area contributed by atoms with Gasteiger partial charge in [0.1, 0.15) is 0 Å². The predicted molar refractivity (Wildman–Crippen MR) is 83.8 cm³/mol. The molecule has 1 fully saturated rings. The number of carbonyl (C=O) groups excluding carboxylic acids is 1. The third kappa shape index (κ3) is 3.78. The molecule has 0 saturated carbocycles. The number of hydrogen-bond acceptors (Lipinski definition) is 2. The largest absolute Gasteiger partial charge is 0.322 e. The number of amides is 2. The van der Waals surface area contributed by atoms with Crippen molar-refractivity contribution in [3.63, 3.8) is 0 Å². The van der Waals surface area contributed by atoms with Gasteiger partial charge in [-0.25, -0.2) is 4.79 Å². The number of nitrogens with zero attached hydrogens (tertiary/aromatic N) is 1.